The standard InChI is InChI=1S/C8H8N4O2S/c1-4(7-9-2-3-15-7)10-8-11-5(13)6(14)12-8/h2-4H,1H3,(H2,10,11,12,13,14). The van der Waals surface area contributed by atoms with Gasteiger partial charge in [-0.2, -0.15) is 0 Å². The van der Waals surface area contributed by atoms with E-state index in [1.54, 1.807) is 6.20 Å². The number of aliphatic imine (C=N–C) groups is 1. The molecule has 1 aromatic rings. The van der Waals surface area contributed by atoms with Crippen LogP contribution in [0.4, 0.5) is 0 Å². The molecular weight excluding hydrogens is 216 g/mol. The number of thiazole rings is 1. The van der Waals surface area contributed by atoms with Gasteiger partial charge in [0, 0.05) is 11.6 Å². The van der Waals surface area contributed by atoms with Crippen LogP contribution in [0, 0.1) is 0 Å². The maximum Gasteiger partial charge on any atom is 0.316 e. The summed E-state index contributed by atoms with van der Waals surface area (Å²) in [5, 5.41) is 7.32. The van der Waals surface area contributed by atoms with E-state index < -0.39 is 11.8 Å². The van der Waals surface area contributed by atoms with Crippen LogP contribution in [-0.2, 0) is 9.59 Å². The van der Waals surface area contributed by atoms with Gasteiger partial charge in [-0.25, -0.2) is 9.98 Å². The number of hydrogen-bond donors (Lipinski definition) is 2. The van der Waals surface area contributed by atoms with Gasteiger partial charge in [-0.15, -0.1) is 11.3 Å². The van der Waals surface area contributed by atoms with Gasteiger partial charge in [-0.05, 0) is 6.92 Å². The van der Waals surface area contributed by atoms with Crippen LogP contribution in [0.5, 0.6) is 0 Å². The zero-order chi connectivity index (χ0) is 10.8. The minimum absolute atomic E-state index is 0.182. The highest BCUT2D eigenvalue weighted by Gasteiger charge is 2.25. The van der Waals surface area contributed by atoms with Gasteiger partial charge in [0.15, 0.2) is 0 Å². The summed E-state index contributed by atoms with van der Waals surface area (Å²) in [6.07, 6.45) is 1.68. The molecule has 0 radical (unpaired) electrons. The van der Waals surface area contributed by atoms with Gasteiger partial charge in [0.2, 0.25) is 5.96 Å². The number of nitrogens with zero attached hydrogens (tertiary/aromatic N) is 2. The van der Waals surface area contributed by atoms with Gasteiger partial charge >= 0.3 is 11.8 Å². The van der Waals surface area contributed by atoms with Gasteiger partial charge in [0.05, 0.1) is 0 Å². The second kappa shape index (κ2) is 3.77. The third-order valence-corrected chi connectivity index (χ3v) is 2.75. The molecule has 1 fully saturated rings. The average molecular weight is 224 g/mol. The molecule has 78 valence electrons. The van der Waals surface area contributed by atoms with Crippen molar-refractivity contribution in [2.75, 3.05) is 0 Å². The first kappa shape index (κ1) is 9.78. The monoisotopic (exact) mass is 224 g/mol. The second-order valence-electron chi connectivity index (χ2n) is 2.93. The van der Waals surface area contributed by atoms with E-state index in [-0.39, 0.29) is 12.0 Å². The fourth-order valence-corrected chi connectivity index (χ4v) is 1.75. The van der Waals surface area contributed by atoms with Crippen molar-refractivity contribution in [3.05, 3.63) is 16.6 Å². The second-order valence-corrected chi connectivity index (χ2v) is 3.86. The van der Waals surface area contributed by atoms with E-state index in [0.717, 1.165) is 5.01 Å². The molecular formula is C8H8N4O2S. The molecule has 7 heteroatoms. The van der Waals surface area contributed by atoms with Crippen molar-refractivity contribution in [2.45, 2.75) is 13.0 Å². The molecule has 1 unspecified atom stereocenters. The highest BCUT2D eigenvalue weighted by atomic mass is 32.1. The van der Waals surface area contributed by atoms with Crippen molar-refractivity contribution in [1.29, 1.82) is 0 Å². The molecule has 2 rings (SSSR count). The van der Waals surface area contributed by atoms with Crippen LogP contribution in [0.15, 0.2) is 16.6 Å². The first-order valence-corrected chi connectivity index (χ1v) is 5.14. The Balaban J connectivity index is 2.11. The predicted octanol–water partition coefficient (Wildman–Crippen LogP) is -0.194. The molecule has 1 aliphatic rings. The largest absolute Gasteiger partial charge is 0.316 e. The molecule has 1 aliphatic heterocycles. The topological polar surface area (TPSA) is 83.5 Å². The normalized spacial score (nSPS) is 17.3. The molecule has 0 saturated carbocycles. The number of aromatic nitrogens is 1. The zero-order valence-electron chi connectivity index (χ0n) is 7.85. The van der Waals surface area contributed by atoms with Gasteiger partial charge in [-0.1, -0.05) is 0 Å². The van der Waals surface area contributed by atoms with Crippen molar-refractivity contribution in [3.8, 4) is 0 Å². The molecule has 2 amide bonds. The molecule has 2 N–H and O–H groups in total. The molecule has 1 aromatic heterocycles. The maximum atomic E-state index is 10.8. The Hall–Kier alpha value is -1.76. The lowest BCUT2D eigenvalue weighted by atomic mass is 10.4. The van der Waals surface area contributed by atoms with Gasteiger partial charge in [0.1, 0.15) is 11.0 Å². The fourth-order valence-electron chi connectivity index (χ4n) is 1.11. The van der Waals surface area contributed by atoms with Crippen molar-refractivity contribution in [2.24, 2.45) is 4.99 Å². The highest BCUT2D eigenvalue weighted by Crippen LogP contribution is 2.18. The summed E-state index contributed by atoms with van der Waals surface area (Å²) in [6.45, 7) is 1.84. The molecule has 1 atom stereocenters. The summed E-state index contributed by atoms with van der Waals surface area (Å²) in [7, 11) is 0. The number of hydrogen-bond acceptors (Lipinski definition) is 5. The van der Waals surface area contributed by atoms with Crippen LogP contribution >= 0.6 is 11.3 Å². The number of rotatable bonds is 2. The van der Waals surface area contributed by atoms with E-state index >= 15 is 0 Å². The van der Waals surface area contributed by atoms with Crippen molar-refractivity contribution in [1.82, 2.24) is 15.6 Å². The lowest BCUT2D eigenvalue weighted by Gasteiger charge is -2.02. The molecule has 2 heterocycles. The minimum atomic E-state index is -0.680. The highest BCUT2D eigenvalue weighted by molar-refractivity contribution is 7.09. The summed E-state index contributed by atoms with van der Waals surface area (Å²) in [5.74, 6) is -1.17. The molecule has 0 spiro atoms. The molecule has 1 saturated heterocycles. The Morgan fingerprint density at radius 3 is 2.60 bits per heavy atom. The van der Waals surface area contributed by atoms with E-state index in [0.29, 0.717) is 0 Å². The first-order valence-electron chi connectivity index (χ1n) is 4.26. The summed E-state index contributed by atoms with van der Waals surface area (Å²) < 4.78 is 0. The van der Waals surface area contributed by atoms with Gasteiger partial charge < -0.3 is 0 Å². The Kier molecular flexibility index (Phi) is 2.46. The Bertz CT molecular complexity index is 408. The Morgan fingerprint density at radius 2 is 2.07 bits per heavy atom. The maximum absolute atomic E-state index is 10.8. The molecule has 0 bridgehead atoms. The first-order chi connectivity index (χ1) is 7.16. The minimum Gasteiger partial charge on any atom is -0.288 e. The quantitative estimate of drug-likeness (QED) is 0.683. The average Bonchev–Trinajstić information content (AvgIpc) is 2.77. The van der Waals surface area contributed by atoms with E-state index in [2.05, 4.69) is 20.6 Å². The Morgan fingerprint density at radius 1 is 1.40 bits per heavy atom. The summed E-state index contributed by atoms with van der Waals surface area (Å²) in [6, 6.07) is -0.182. The van der Waals surface area contributed by atoms with Crippen LogP contribution in [0.25, 0.3) is 0 Å². The SMILES string of the molecule is CC(N=C1NC(=O)C(=O)N1)c1nccs1. The van der Waals surface area contributed by atoms with Crippen molar-refractivity contribution < 1.29 is 9.59 Å². The van der Waals surface area contributed by atoms with Crippen LogP contribution in [0.2, 0.25) is 0 Å². The van der Waals surface area contributed by atoms with Gasteiger partial charge in [0.25, 0.3) is 0 Å². The van der Waals surface area contributed by atoms with Crippen LogP contribution in [0.1, 0.15) is 18.0 Å². The molecule has 6 nitrogen and oxygen atoms in total. The van der Waals surface area contributed by atoms with Crippen LogP contribution in [-0.4, -0.2) is 22.8 Å². The molecule has 15 heavy (non-hydrogen) atoms. The summed E-state index contributed by atoms with van der Waals surface area (Å²) >= 11 is 1.47. The third-order valence-electron chi connectivity index (χ3n) is 1.80. The zero-order valence-corrected chi connectivity index (χ0v) is 8.67. The van der Waals surface area contributed by atoms with E-state index in [1.807, 2.05) is 12.3 Å². The number of amides is 2. The lowest BCUT2D eigenvalue weighted by molar-refractivity contribution is -0.135. The number of nitrogens with one attached hydrogen (secondary N) is 2. The van der Waals surface area contributed by atoms with Crippen molar-refractivity contribution in [3.63, 3.8) is 0 Å². The van der Waals surface area contributed by atoms with Gasteiger partial charge in [-0.3, -0.25) is 20.2 Å². The summed E-state index contributed by atoms with van der Waals surface area (Å²) in [5.41, 5.74) is 0. The fraction of sp³-hybridized carbons (Fsp3) is 0.250. The predicted molar refractivity (Wildman–Crippen MR) is 54.2 cm³/mol. The van der Waals surface area contributed by atoms with Crippen LogP contribution in [0.3, 0.4) is 0 Å². The smallest absolute Gasteiger partial charge is 0.288 e. The summed E-state index contributed by atoms with van der Waals surface area (Å²) in [4.78, 5) is 29.9. The lowest BCUT2D eigenvalue weighted by Crippen LogP contribution is -2.26. The van der Waals surface area contributed by atoms with E-state index in [9.17, 15) is 9.59 Å². The number of carbonyl (C=O) groups is 2. The Labute approximate surface area is 89.4 Å². The molecule has 0 aliphatic carbocycles. The van der Waals surface area contributed by atoms with E-state index in [1.165, 1.54) is 11.3 Å². The number of carbonyl (C=O) groups excluding carboxylic acids is 2. The third kappa shape index (κ3) is 2.01. The molecule has 0 aromatic carbocycles. The van der Waals surface area contributed by atoms with E-state index in [4.69, 9.17) is 0 Å². The van der Waals surface area contributed by atoms with Crippen LogP contribution < -0.4 is 10.6 Å². The van der Waals surface area contributed by atoms with Crippen molar-refractivity contribution >= 4 is 29.1 Å². The number of guanidine groups is 1.